The lowest BCUT2D eigenvalue weighted by molar-refractivity contribution is -0.123. The highest BCUT2D eigenvalue weighted by Crippen LogP contribution is 2.25. The van der Waals surface area contributed by atoms with Crippen LogP contribution >= 0.6 is 0 Å². The van der Waals surface area contributed by atoms with E-state index in [4.69, 9.17) is 4.74 Å². The summed E-state index contributed by atoms with van der Waals surface area (Å²) in [6, 6.07) is 12.7. The lowest BCUT2D eigenvalue weighted by Crippen LogP contribution is -2.30. The number of rotatable bonds is 5. The van der Waals surface area contributed by atoms with Gasteiger partial charge in [0.1, 0.15) is 5.82 Å². The number of aromatic nitrogens is 1. The van der Waals surface area contributed by atoms with E-state index in [1.54, 1.807) is 0 Å². The van der Waals surface area contributed by atoms with E-state index in [1.165, 1.54) is 31.2 Å². The first kappa shape index (κ1) is 19.5. The minimum absolute atomic E-state index is 0.399. The molecule has 3 aromatic rings. The second-order valence-corrected chi connectivity index (χ2v) is 6.47. The summed E-state index contributed by atoms with van der Waals surface area (Å²) in [6.07, 6.45) is -0.341. The smallest absolute Gasteiger partial charge is 0.339 e. The number of para-hydroxylation sites is 1. The largest absolute Gasteiger partial charge is 0.449 e. The molecule has 1 aromatic heterocycles. The summed E-state index contributed by atoms with van der Waals surface area (Å²) in [4.78, 5) is 29.8. The molecular weight excluding hydrogens is 359 g/mol. The Morgan fingerprint density at radius 1 is 1.14 bits per heavy atom. The van der Waals surface area contributed by atoms with Gasteiger partial charge in [0, 0.05) is 16.8 Å². The molecule has 5 nitrogen and oxygen atoms in total. The maximum Gasteiger partial charge on any atom is 0.339 e. The molecule has 3 rings (SSSR count). The number of pyridine rings is 1. The third-order valence-corrected chi connectivity index (χ3v) is 4.54. The summed E-state index contributed by atoms with van der Waals surface area (Å²) >= 11 is 0. The number of amides is 1. The molecular formula is C22H21FN2O3. The number of hydrogen-bond acceptors (Lipinski definition) is 4. The number of carbonyl (C=O) groups excluding carboxylic acids is 2. The van der Waals surface area contributed by atoms with E-state index >= 15 is 0 Å². The molecule has 0 bridgehead atoms. The number of esters is 1. The van der Waals surface area contributed by atoms with Crippen molar-refractivity contribution < 1.29 is 18.7 Å². The van der Waals surface area contributed by atoms with Crippen LogP contribution in [0.4, 0.5) is 10.1 Å². The molecule has 144 valence electrons. The number of fused-ring (bicyclic) bond motifs is 1. The van der Waals surface area contributed by atoms with E-state index in [2.05, 4.69) is 10.3 Å². The zero-order chi connectivity index (χ0) is 20.3. The van der Waals surface area contributed by atoms with Crippen LogP contribution in [0.15, 0.2) is 48.5 Å². The maximum atomic E-state index is 13.0. The zero-order valence-corrected chi connectivity index (χ0v) is 16.0. The summed E-state index contributed by atoms with van der Waals surface area (Å²) < 4.78 is 18.4. The Bertz CT molecular complexity index is 1030. The standard InChI is InChI=1S/C22H21FN2O3/c1-4-18-13(2)20(17-7-5-6-8-19(17)25-18)22(27)28-14(3)21(26)24-16-11-9-15(23)10-12-16/h5-12,14H,4H2,1-3H3,(H,24,26)/t14-/m0/s1. The molecule has 1 amide bonds. The van der Waals surface area contributed by atoms with E-state index in [0.717, 1.165) is 11.3 Å². The van der Waals surface area contributed by atoms with Crippen molar-refractivity contribution in [2.75, 3.05) is 5.32 Å². The predicted octanol–water partition coefficient (Wildman–Crippen LogP) is 4.43. The molecule has 1 heterocycles. The van der Waals surface area contributed by atoms with Crippen molar-refractivity contribution >= 4 is 28.5 Å². The highest BCUT2D eigenvalue weighted by Gasteiger charge is 2.23. The van der Waals surface area contributed by atoms with Gasteiger partial charge >= 0.3 is 5.97 Å². The van der Waals surface area contributed by atoms with Gasteiger partial charge in [-0.3, -0.25) is 9.78 Å². The fourth-order valence-corrected chi connectivity index (χ4v) is 3.02. The van der Waals surface area contributed by atoms with Crippen LogP contribution in [0.25, 0.3) is 10.9 Å². The summed E-state index contributed by atoms with van der Waals surface area (Å²) in [5, 5.41) is 3.29. The van der Waals surface area contributed by atoms with Crippen molar-refractivity contribution in [1.29, 1.82) is 0 Å². The van der Waals surface area contributed by atoms with E-state index in [0.29, 0.717) is 28.6 Å². The lowest BCUT2D eigenvalue weighted by Gasteiger charge is -2.17. The van der Waals surface area contributed by atoms with Crippen LogP contribution in [0.2, 0.25) is 0 Å². The van der Waals surface area contributed by atoms with Crippen LogP contribution in [0.3, 0.4) is 0 Å². The normalized spacial score (nSPS) is 11.9. The fourth-order valence-electron chi connectivity index (χ4n) is 3.02. The molecule has 28 heavy (non-hydrogen) atoms. The van der Waals surface area contributed by atoms with Crippen LogP contribution in [0.5, 0.6) is 0 Å². The number of halogens is 1. The van der Waals surface area contributed by atoms with Crippen molar-refractivity contribution in [3.8, 4) is 0 Å². The van der Waals surface area contributed by atoms with Gasteiger partial charge in [-0.05, 0) is 56.2 Å². The number of nitrogens with zero attached hydrogens (tertiary/aromatic N) is 1. The third-order valence-electron chi connectivity index (χ3n) is 4.54. The first-order valence-electron chi connectivity index (χ1n) is 9.06. The second-order valence-electron chi connectivity index (χ2n) is 6.47. The average molecular weight is 380 g/mol. The molecule has 1 N–H and O–H groups in total. The lowest BCUT2D eigenvalue weighted by atomic mass is 10.0. The van der Waals surface area contributed by atoms with Crippen molar-refractivity contribution in [3.63, 3.8) is 0 Å². The van der Waals surface area contributed by atoms with Crippen LogP contribution in [-0.2, 0) is 16.0 Å². The number of nitrogens with one attached hydrogen (secondary N) is 1. The molecule has 0 aliphatic carbocycles. The van der Waals surface area contributed by atoms with Gasteiger partial charge in [-0.15, -0.1) is 0 Å². The van der Waals surface area contributed by atoms with Gasteiger partial charge in [0.2, 0.25) is 0 Å². The van der Waals surface area contributed by atoms with Crippen molar-refractivity contribution in [2.24, 2.45) is 0 Å². The number of aryl methyl sites for hydroxylation is 1. The molecule has 6 heteroatoms. The number of anilines is 1. The van der Waals surface area contributed by atoms with Gasteiger partial charge in [0.25, 0.3) is 5.91 Å². The Morgan fingerprint density at radius 3 is 2.50 bits per heavy atom. The number of ether oxygens (including phenoxy) is 1. The quantitative estimate of drug-likeness (QED) is 0.665. The first-order valence-corrected chi connectivity index (χ1v) is 9.06. The van der Waals surface area contributed by atoms with Gasteiger partial charge in [0.05, 0.1) is 11.1 Å². The molecule has 0 radical (unpaired) electrons. The van der Waals surface area contributed by atoms with E-state index in [-0.39, 0.29) is 0 Å². The van der Waals surface area contributed by atoms with E-state index in [9.17, 15) is 14.0 Å². The first-order chi connectivity index (χ1) is 13.4. The molecule has 0 fully saturated rings. The summed E-state index contributed by atoms with van der Waals surface area (Å²) in [6.45, 7) is 5.30. The Hall–Kier alpha value is -3.28. The maximum absolute atomic E-state index is 13.0. The summed E-state index contributed by atoms with van der Waals surface area (Å²) in [7, 11) is 0. The Morgan fingerprint density at radius 2 is 1.82 bits per heavy atom. The molecule has 0 spiro atoms. The zero-order valence-electron chi connectivity index (χ0n) is 16.0. The number of carbonyl (C=O) groups is 2. The van der Waals surface area contributed by atoms with E-state index < -0.39 is 23.8 Å². The van der Waals surface area contributed by atoms with E-state index in [1.807, 2.05) is 38.1 Å². The minimum Gasteiger partial charge on any atom is -0.449 e. The molecule has 0 unspecified atom stereocenters. The van der Waals surface area contributed by atoms with Gasteiger partial charge < -0.3 is 10.1 Å². The van der Waals surface area contributed by atoms with Crippen molar-refractivity contribution in [3.05, 3.63) is 71.2 Å². The molecule has 0 saturated carbocycles. The van der Waals surface area contributed by atoms with Crippen LogP contribution in [0, 0.1) is 12.7 Å². The van der Waals surface area contributed by atoms with Crippen LogP contribution in [-0.4, -0.2) is 23.0 Å². The summed E-state index contributed by atoms with van der Waals surface area (Å²) in [5.74, 6) is -1.47. The van der Waals surface area contributed by atoms with Gasteiger partial charge in [-0.25, -0.2) is 9.18 Å². The van der Waals surface area contributed by atoms with Gasteiger partial charge in [-0.2, -0.15) is 0 Å². The third kappa shape index (κ3) is 4.01. The Balaban J connectivity index is 1.83. The van der Waals surface area contributed by atoms with Crippen molar-refractivity contribution in [1.82, 2.24) is 4.98 Å². The highest BCUT2D eigenvalue weighted by molar-refractivity contribution is 6.06. The molecule has 0 saturated heterocycles. The SMILES string of the molecule is CCc1nc2ccccc2c(C(=O)O[C@@H](C)C(=O)Nc2ccc(F)cc2)c1C. The Kier molecular flexibility index (Phi) is 5.68. The molecule has 0 aliphatic rings. The van der Waals surface area contributed by atoms with Crippen LogP contribution in [0.1, 0.15) is 35.5 Å². The minimum atomic E-state index is -1.02. The Labute approximate surface area is 162 Å². The molecule has 1 atom stereocenters. The van der Waals surface area contributed by atoms with Gasteiger partial charge in [-0.1, -0.05) is 25.1 Å². The number of hydrogen-bond donors (Lipinski definition) is 1. The fraction of sp³-hybridized carbons (Fsp3) is 0.227. The predicted molar refractivity (Wildman–Crippen MR) is 106 cm³/mol. The van der Waals surface area contributed by atoms with Crippen LogP contribution < -0.4 is 5.32 Å². The second kappa shape index (κ2) is 8.17. The molecule has 2 aromatic carbocycles. The topological polar surface area (TPSA) is 68.3 Å². The number of benzene rings is 2. The highest BCUT2D eigenvalue weighted by atomic mass is 19.1. The summed E-state index contributed by atoms with van der Waals surface area (Å²) in [5.41, 5.74) is 3.11. The molecule has 0 aliphatic heterocycles. The average Bonchev–Trinajstić information content (AvgIpc) is 2.69. The monoisotopic (exact) mass is 380 g/mol. The van der Waals surface area contributed by atoms with Gasteiger partial charge in [0.15, 0.2) is 6.10 Å². The van der Waals surface area contributed by atoms with Crippen molar-refractivity contribution in [2.45, 2.75) is 33.3 Å².